The molecular formula is C14H14ClN3O3. The van der Waals surface area contributed by atoms with Crippen LogP contribution in [0, 0.1) is 0 Å². The normalized spacial score (nSPS) is 10.2. The molecule has 1 heterocycles. The quantitative estimate of drug-likeness (QED) is 0.846. The second-order valence-corrected chi connectivity index (χ2v) is 4.84. The van der Waals surface area contributed by atoms with E-state index in [4.69, 9.17) is 22.1 Å². The average molecular weight is 308 g/mol. The largest absolute Gasteiger partial charge is 0.451 e. The smallest absolute Gasteiger partial charge is 0.355 e. The molecule has 2 rings (SSSR count). The molecule has 0 aliphatic heterocycles. The maximum atomic E-state index is 11.8. The lowest BCUT2D eigenvalue weighted by atomic mass is 10.3. The van der Waals surface area contributed by atoms with E-state index < -0.39 is 18.5 Å². The van der Waals surface area contributed by atoms with Gasteiger partial charge in [0.2, 0.25) is 0 Å². The van der Waals surface area contributed by atoms with Gasteiger partial charge < -0.3 is 20.4 Å². The topological polar surface area (TPSA) is 86.3 Å². The van der Waals surface area contributed by atoms with E-state index in [1.54, 1.807) is 37.5 Å². The van der Waals surface area contributed by atoms with Crippen molar-refractivity contribution in [2.24, 2.45) is 7.05 Å². The summed E-state index contributed by atoms with van der Waals surface area (Å²) < 4.78 is 6.46. The minimum atomic E-state index is -0.615. The fourth-order valence-electron chi connectivity index (χ4n) is 1.76. The fourth-order valence-corrected chi connectivity index (χ4v) is 1.95. The monoisotopic (exact) mass is 307 g/mol. The molecule has 0 aliphatic carbocycles. The molecule has 3 N–H and O–H groups in total. The Morgan fingerprint density at radius 1 is 1.38 bits per heavy atom. The molecule has 0 aliphatic rings. The van der Waals surface area contributed by atoms with E-state index in [-0.39, 0.29) is 5.69 Å². The third-order valence-electron chi connectivity index (χ3n) is 2.68. The number of halogens is 1. The van der Waals surface area contributed by atoms with E-state index in [1.807, 2.05) is 0 Å². The van der Waals surface area contributed by atoms with E-state index in [9.17, 15) is 9.59 Å². The summed E-state index contributed by atoms with van der Waals surface area (Å²) in [6.07, 6.45) is 1.59. The Bertz CT molecular complexity index is 682. The predicted molar refractivity (Wildman–Crippen MR) is 80.2 cm³/mol. The number of rotatable bonds is 4. The van der Waals surface area contributed by atoms with E-state index in [2.05, 4.69) is 5.32 Å². The van der Waals surface area contributed by atoms with Gasteiger partial charge in [-0.25, -0.2) is 4.79 Å². The zero-order valence-corrected chi connectivity index (χ0v) is 12.1. The highest BCUT2D eigenvalue weighted by atomic mass is 35.5. The second kappa shape index (κ2) is 6.32. The number of esters is 1. The van der Waals surface area contributed by atoms with Gasteiger partial charge in [-0.15, -0.1) is 0 Å². The summed E-state index contributed by atoms with van der Waals surface area (Å²) in [7, 11) is 1.67. The number of hydrogen-bond acceptors (Lipinski definition) is 4. The zero-order valence-electron chi connectivity index (χ0n) is 11.3. The zero-order chi connectivity index (χ0) is 15.4. The predicted octanol–water partition coefficient (Wildman–Crippen LogP) is 2.06. The highest BCUT2D eigenvalue weighted by Gasteiger charge is 2.14. The second-order valence-electron chi connectivity index (χ2n) is 4.40. The Kier molecular flexibility index (Phi) is 4.49. The number of aryl methyl sites for hydroxylation is 1. The van der Waals surface area contributed by atoms with Crippen molar-refractivity contribution in [3.8, 4) is 0 Å². The molecule has 0 radical (unpaired) electrons. The number of nitrogen functional groups attached to an aromatic ring is 1. The number of carbonyl (C=O) groups is 2. The van der Waals surface area contributed by atoms with Crippen molar-refractivity contribution in [2.45, 2.75) is 0 Å². The summed E-state index contributed by atoms with van der Waals surface area (Å²) in [5.74, 6) is -1.07. The molecule has 1 amide bonds. The van der Waals surface area contributed by atoms with Gasteiger partial charge in [-0.3, -0.25) is 4.79 Å². The first-order valence-electron chi connectivity index (χ1n) is 6.10. The van der Waals surface area contributed by atoms with Gasteiger partial charge in [0.05, 0.1) is 5.69 Å². The lowest BCUT2D eigenvalue weighted by Gasteiger charge is -2.07. The van der Waals surface area contributed by atoms with Crippen molar-refractivity contribution in [3.05, 3.63) is 47.2 Å². The maximum absolute atomic E-state index is 11.8. The molecule has 0 unspecified atom stereocenters. The number of anilines is 2. The van der Waals surface area contributed by atoms with Gasteiger partial charge in [0.15, 0.2) is 6.61 Å². The molecule has 0 saturated heterocycles. The van der Waals surface area contributed by atoms with Crippen LogP contribution < -0.4 is 11.1 Å². The lowest BCUT2D eigenvalue weighted by molar-refractivity contribution is -0.119. The van der Waals surface area contributed by atoms with E-state index in [1.165, 1.54) is 10.6 Å². The van der Waals surface area contributed by atoms with Crippen LogP contribution in [-0.2, 0) is 16.6 Å². The van der Waals surface area contributed by atoms with Crippen LogP contribution in [0.25, 0.3) is 0 Å². The molecule has 0 atom stereocenters. The highest BCUT2D eigenvalue weighted by Crippen LogP contribution is 2.15. The molecule has 7 heteroatoms. The van der Waals surface area contributed by atoms with Crippen LogP contribution in [0.4, 0.5) is 11.4 Å². The van der Waals surface area contributed by atoms with Gasteiger partial charge in [-0.1, -0.05) is 17.7 Å². The molecule has 0 saturated carbocycles. The van der Waals surface area contributed by atoms with E-state index in [0.29, 0.717) is 16.4 Å². The maximum Gasteiger partial charge on any atom is 0.355 e. The van der Waals surface area contributed by atoms with Crippen molar-refractivity contribution in [2.75, 3.05) is 17.7 Å². The number of hydrogen-bond donors (Lipinski definition) is 2. The number of nitrogens with zero attached hydrogens (tertiary/aromatic N) is 1. The van der Waals surface area contributed by atoms with Crippen molar-refractivity contribution in [1.29, 1.82) is 0 Å². The van der Waals surface area contributed by atoms with Crippen molar-refractivity contribution >= 4 is 34.9 Å². The van der Waals surface area contributed by atoms with Gasteiger partial charge in [0.1, 0.15) is 5.69 Å². The summed E-state index contributed by atoms with van der Waals surface area (Å²) in [5, 5.41) is 3.08. The average Bonchev–Trinajstić information content (AvgIpc) is 2.75. The highest BCUT2D eigenvalue weighted by molar-refractivity contribution is 6.30. The van der Waals surface area contributed by atoms with Crippen LogP contribution >= 0.6 is 11.6 Å². The summed E-state index contributed by atoms with van der Waals surface area (Å²) >= 11 is 5.80. The first kappa shape index (κ1) is 14.9. The molecule has 0 spiro atoms. The third kappa shape index (κ3) is 4.00. The van der Waals surface area contributed by atoms with E-state index in [0.717, 1.165) is 0 Å². The van der Waals surface area contributed by atoms with Crippen molar-refractivity contribution in [3.63, 3.8) is 0 Å². The number of aromatic nitrogens is 1. The molecule has 0 bridgehead atoms. The van der Waals surface area contributed by atoms with Crippen LogP contribution in [-0.4, -0.2) is 23.1 Å². The van der Waals surface area contributed by atoms with Crippen molar-refractivity contribution in [1.82, 2.24) is 4.57 Å². The van der Waals surface area contributed by atoms with Gasteiger partial charge >= 0.3 is 5.97 Å². The van der Waals surface area contributed by atoms with Crippen LogP contribution in [0.2, 0.25) is 5.02 Å². The minimum Gasteiger partial charge on any atom is -0.451 e. The van der Waals surface area contributed by atoms with Crippen LogP contribution in [0.5, 0.6) is 0 Å². The van der Waals surface area contributed by atoms with Gasteiger partial charge in [0, 0.05) is 24.0 Å². The molecule has 110 valence electrons. The molecule has 1 aromatic carbocycles. The molecule has 0 fully saturated rings. The fraction of sp³-hybridized carbons (Fsp3) is 0.143. The SMILES string of the molecule is Cn1cc(N)cc1C(=O)OCC(=O)Nc1cccc(Cl)c1. The van der Waals surface area contributed by atoms with E-state index >= 15 is 0 Å². The number of benzene rings is 1. The minimum absolute atomic E-state index is 0.281. The Morgan fingerprint density at radius 2 is 2.14 bits per heavy atom. The van der Waals surface area contributed by atoms with Crippen LogP contribution in [0.3, 0.4) is 0 Å². The summed E-state index contributed by atoms with van der Waals surface area (Å²) in [6, 6.07) is 8.16. The Morgan fingerprint density at radius 3 is 2.76 bits per heavy atom. The molecule has 6 nitrogen and oxygen atoms in total. The summed E-state index contributed by atoms with van der Waals surface area (Å²) in [5.41, 5.74) is 6.84. The van der Waals surface area contributed by atoms with Crippen LogP contribution in [0.15, 0.2) is 36.5 Å². The van der Waals surface area contributed by atoms with Gasteiger partial charge in [-0.2, -0.15) is 0 Å². The third-order valence-corrected chi connectivity index (χ3v) is 2.91. The molecule has 1 aromatic heterocycles. The van der Waals surface area contributed by atoms with Crippen molar-refractivity contribution < 1.29 is 14.3 Å². The number of nitrogens with one attached hydrogen (secondary N) is 1. The standard InChI is InChI=1S/C14H14ClN3O3/c1-18-7-10(16)6-12(18)14(20)21-8-13(19)17-11-4-2-3-9(15)5-11/h2-7H,8,16H2,1H3,(H,17,19). The first-order chi connectivity index (χ1) is 9.95. The summed E-state index contributed by atoms with van der Waals surface area (Å²) in [6.45, 7) is -0.392. The number of nitrogens with two attached hydrogens (primary N) is 1. The molecule has 2 aromatic rings. The number of carbonyl (C=O) groups excluding carboxylic acids is 2. The Balaban J connectivity index is 1.89. The number of amides is 1. The van der Waals surface area contributed by atoms with Gasteiger partial charge in [-0.05, 0) is 24.3 Å². The number of ether oxygens (including phenoxy) is 1. The Labute approximate surface area is 126 Å². The molecule has 21 heavy (non-hydrogen) atoms. The van der Waals surface area contributed by atoms with Gasteiger partial charge in [0.25, 0.3) is 5.91 Å². The summed E-state index contributed by atoms with van der Waals surface area (Å²) in [4.78, 5) is 23.5. The van der Waals surface area contributed by atoms with Crippen LogP contribution in [0.1, 0.15) is 10.5 Å². The first-order valence-corrected chi connectivity index (χ1v) is 6.48. The lowest BCUT2D eigenvalue weighted by Crippen LogP contribution is -2.21. The Hall–Kier alpha value is -2.47. The molecular weight excluding hydrogens is 294 g/mol.